The molecule has 7 aromatic rings. The lowest BCUT2D eigenvalue weighted by Gasteiger charge is -2.29. The molecule has 9 rings (SSSR count). The lowest BCUT2D eigenvalue weighted by molar-refractivity contribution is -0.139. The van der Waals surface area contributed by atoms with Crippen molar-refractivity contribution in [2.45, 2.75) is 63.9 Å². The van der Waals surface area contributed by atoms with Crippen LogP contribution >= 0.6 is 0 Å². The molecule has 0 spiro atoms. The summed E-state index contributed by atoms with van der Waals surface area (Å²) < 4.78 is 40.7. The molecular weight excluding hydrogens is 851 g/mol. The molecule has 66 heavy (non-hydrogen) atoms. The highest BCUT2D eigenvalue weighted by molar-refractivity contribution is 6.07. The number of halogens is 2. The Kier molecular flexibility index (Phi) is 12.3. The van der Waals surface area contributed by atoms with Crippen LogP contribution in [0.2, 0.25) is 0 Å². The predicted octanol–water partition coefficient (Wildman–Crippen LogP) is 8.68. The highest BCUT2D eigenvalue weighted by Gasteiger charge is 2.42. The van der Waals surface area contributed by atoms with Crippen LogP contribution in [0.1, 0.15) is 68.4 Å². The Labute approximate surface area is 378 Å². The Balaban J connectivity index is 0.991. The largest absolute Gasteiger partial charge is 0.453 e. The average Bonchev–Trinajstić information content (AvgIpc) is 4.16. The number of aromatic nitrogens is 4. The van der Waals surface area contributed by atoms with Crippen LogP contribution in [0.3, 0.4) is 0 Å². The zero-order valence-corrected chi connectivity index (χ0v) is 36.8. The number of hydrogen-bond donors (Lipinski definition) is 4. The van der Waals surface area contributed by atoms with Gasteiger partial charge < -0.3 is 44.6 Å². The topological polar surface area (TPSA) is 184 Å². The van der Waals surface area contributed by atoms with Gasteiger partial charge in [-0.15, -0.1) is 0 Å². The highest BCUT2D eigenvalue weighted by atomic mass is 19.3. The Hall–Kier alpha value is -7.14. The van der Waals surface area contributed by atoms with Gasteiger partial charge >= 0.3 is 18.8 Å². The maximum Gasteiger partial charge on any atom is 0.407 e. The van der Waals surface area contributed by atoms with Crippen LogP contribution < -0.4 is 10.6 Å². The molecule has 17 heteroatoms. The fraction of sp³-hybridized carbons (Fsp3) is 0.347. The number of H-pyrrole nitrogens is 2. The van der Waals surface area contributed by atoms with Gasteiger partial charge in [-0.25, -0.2) is 19.6 Å². The highest BCUT2D eigenvalue weighted by Crippen LogP contribution is 2.40. The molecular formula is C49H50F2N8O7. The summed E-state index contributed by atoms with van der Waals surface area (Å²) in [5.41, 5.74) is 5.63. The van der Waals surface area contributed by atoms with E-state index in [0.29, 0.717) is 35.7 Å². The number of aromatic amines is 2. The van der Waals surface area contributed by atoms with Crippen molar-refractivity contribution in [3.8, 4) is 11.1 Å². The number of rotatable bonds is 12. The second-order valence-corrected chi connectivity index (χ2v) is 17.3. The van der Waals surface area contributed by atoms with Crippen LogP contribution in [-0.4, -0.2) is 100 Å². The van der Waals surface area contributed by atoms with Crippen molar-refractivity contribution in [2.24, 2.45) is 11.8 Å². The van der Waals surface area contributed by atoms with Gasteiger partial charge in [-0.3, -0.25) is 9.59 Å². The van der Waals surface area contributed by atoms with Gasteiger partial charge in [-0.2, -0.15) is 8.78 Å². The number of alkyl carbamates (subject to hydrolysis) is 2. The first-order chi connectivity index (χ1) is 31.9. The number of nitrogens with one attached hydrogen (secondary N) is 4. The van der Waals surface area contributed by atoms with E-state index in [-0.39, 0.29) is 31.0 Å². The minimum absolute atomic E-state index is 0.110. The van der Waals surface area contributed by atoms with E-state index >= 15 is 0 Å². The standard InChI is InChI=1S/C49H50F2N8O7/c1-26(2)39(56-48(62)64-3)45(60)58-20-8-11-37(58)43-52-35-18-14-31-22-29(12-16-33(31)41(35)54-43)30-13-17-34-32(23-30)15-19-36-42(34)55-44(53-36)38-21-27(25-66-47(50)51)24-59(38)46(61)40(57-49(63)65-4)28-9-6-5-7-10-28/h5-7,9-10,12-19,22-23,26-27,37-40,47H,8,11,20-21,24-25H2,1-4H3,(H,52,54)(H,53,55)(H,56,62)(H,57,63)/t27-,37-,38-,39?,40+/m0/s1. The minimum atomic E-state index is -2.96. The number of ether oxygens (including phenoxy) is 3. The zero-order chi connectivity index (χ0) is 46.2. The number of methoxy groups -OCH3 is 2. The lowest BCUT2D eigenvalue weighted by Crippen LogP contribution is -2.51. The number of hydrogen-bond acceptors (Lipinski definition) is 9. The number of carbonyl (C=O) groups is 4. The summed E-state index contributed by atoms with van der Waals surface area (Å²) in [6.45, 7) is 1.24. The van der Waals surface area contributed by atoms with E-state index in [4.69, 9.17) is 24.2 Å². The average molecular weight is 901 g/mol. The second kappa shape index (κ2) is 18.4. The van der Waals surface area contributed by atoms with Crippen molar-refractivity contribution in [1.29, 1.82) is 0 Å². The van der Waals surface area contributed by atoms with Gasteiger partial charge in [0, 0.05) is 29.8 Å². The monoisotopic (exact) mass is 900 g/mol. The number of alkyl halides is 2. The summed E-state index contributed by atoms with van der Waals surface area (Å²) in [6, 6.07) is 26.5. The fourth-order valence-corrected chi connectivity index (χ4v) is 9.54. The Morgan fingerprint density at radius 2 is 1.33 bits per heavy atom. The van der Waals surface area contributed by atoms with Crippen LogP contribution in [0.4, 0.5) is 18.4 Å². The molecule has 2 saturated heterocycles. The first-order valence-corrected chi connectivity index (χ1v) is 22.0. The van der Waals surface area contributed by atoms with Gasteiger partial charge in [-0.1, -0.05) is 80.6 Å². The molecule has 4 N–H and O–H groups in total. The zero-order valence-electron chi connectivity index (χ0n) is 36.8. The summed E-state index contributed by atoms with van der Waals surface area (Å²) >= 11 is 0. The molecule has 4 heterocycles. The molecule has 0 aliphatic carbocycles. The van der Waals surface area contributed by atoms with E-state index in [0.717, 1.165) is 62.1 Å². The maximum atomic E-state index is 14.4. The molecule has 342 valence electrons. The number of benzene rings is 5. The van der Waals surface area contributed by atoms with E-state index in [2.05, 4.69) is 50.9 Å². The SMILES string of the molecule is COC(=O)NC(C(=O)N1CCC[C@H]1c1nc2c(ccc3cc(-c4ccc5c(ccc6[nH]c([C@@H]7C[C@H](COC(F)F)CN7C(=O)[C@H](NC(=O)OC)c7ccccc7)nc65)c4)ccc32)[nH]1)C(C)C. The molecule has 4 amide bonds. The summed E-state index contributed by atoms with van der Waals surface area (Å²) in [6.07, 6.45) is 0.431. The molecule has 15 nitrogen and oxygen atoms in total. The summed E-state index contributed by atoms with van der Waals surface area (Å²) in [4.78, 5) is 73.0. The fourth-order valence-electron chi connectivity index (χ4n) is 9.54. The van der Waals surface area contributed by atoms with Crippen molar-refractivity contribution >= 4 is 67.6 Å². The molecule has 5 aromatic carbocycles. The van der Waals surface area contributed by atoms with Crippen molar-refractivity contribution in [3.05, 3.63) is 108 Å². The van der Waals surface area contributed by atoms with Crippen molar-refractivity contribution in [2.75, 3.05) is 33.9 Å². The summed E-state index contributed by atoms with van der Waals surface area (Å²) in [7, 11) is 2.49. The van der Waals surface area contributed by atoms with Crippen molar-refractivity contribution < 1.29 is 42.2 Å². The summed E-state index contributed by atoms with van der Waals surface area (Å²) in [5, 5.41) is 9.14. The van der Waals surface area contributed by atoms with E-state index in [1.807, 2.05) is 44.2 Å². The van der Waals surface area contributed by atoms with Gasteiger partial charge in [-0.05, 0) is 76.9 Å². The van der Waals surface area contributed by atoms with Crippen molar-refractivity contribution in [3.63, 3.8) is 0 Å². The van der Waals surface area contributed by atoms with Crippen LogP contribution in [-0.2, 0) is 23.8 Å². The Bertz CT molecular complexity index is 2960. The van der Waals surface area contributed by atoms with Crippen molar-refractivity contribution in [1.82, 2.24) is 40.4 Å². The van der Waals surface area contributed by atoms with Gasteiger partial charge in [0.05, 0.1) is 55.0 Å². The third kappa shape index (κ3) is 8.57. The Morgan fingerprint density at radius 3 is 1.91 bits per heavy atom. The summed E-state index contributed by atoms with van der Waals surface area (Å²) in [5.74, 6) is 0.0329. The third-order valence-corrected chi connectivity index (χ3v) is 12.8. The lowest BCUT2D eigenvalue weighted by atomic mass is 9.98. The van der Waals surface area contributed by atoms with Gasteiger partial charge in [0.2, 0.25) is 5.91 Å². The molecule has 2 aliphatic rings. The van der Waals surface area contributed by atoms with Crippen LogP contribution in [0.25, 0.3) is 54.7 Å². The predicted molar refractivity (Wildman–Crippen MR) is 243 cm³/mol. The number of fused-ring (bicyclic) bond motifs is 6. The van der Waals surface area contributed by atoms with Crippen LogP contribution in [0, 0.1) is 11.8 Å². The second-order valence-electron chi connectivity index (χ2n) is 17.3. The molecule has 1 unspecified atom stereocenters. The Morgan fingerprint density at radius 1 is 0.742 bits per heavy atom. The number of imidazole rings is 2. The normalized spacial score (nSPS) is 18.5. The van der Waals surface area contributed by atoms with Gasteiger partial charge in [0.1, 0.15) is 23.7 Å². The van der Waals surface area contributed by atoms with E-state index in [9.17, 15) is 28.0 Å². The molecule has 5 atom stereocenters. The van der Waals surface area contributed by atoms with E-state index in [1.165, 1.54) is 14.2 Å². The molecule has 0 radical (unpaired) electrons. The first-order valence-electron chi connectivity index (χ1n) is 22.0. The quantitative estimate of drug-likeness (QED) is 0.0932. The molecule has 2 aliphatic heterocycles. The number of nitrogens with zero attached hydrogens (tertiary/aromatic N) is 4. The number of carbonyl (C=O) groups excluding carboxylic acids is 4. The molecule has 2 fully saturated rings. The third-order valence-electron chi connectivity index (χ3n) is 12.8. The minimum Gasteiger partial charge on any atom is -0.453 e. The van der Waals surface area contributed by atoms with Crippen LogP contribution in [0.15, 0.2) is 91.0 Å². The van der Waals surface area contributed by atoms with E-state index in [1.54, 1.807) is 40.1 Å². The molecule has 0 bridgehead atoms. The first kappa shape index (κ1) is 44.1. The van der Waals surface area contributed by atoms with E-state index < -0.39 is 48.7 Å². The number of amides is 4. The smallest absolute Gasteiger partial charge is 0.407 e. The molecule has 0 saturated carbocycles. The van der Waals surface area contributed by atoms with Crippen LogP contribution in [0.5, 0.6) is 0 Å². The number of likely N-dealkylation sites (tertiary alicyclic amines) is 2. The molecule has 2 aromatic heterocycles. The van der Waals surface area contributed by atoms with Gasteiger partial charge in [0.15, 0.2) is 0 Å². The maximum absolute atomic E-state index is 14.4. The van der Waals surface area contributed by atoms with Gasteiger partial charge in [0.25, 0.3) is 5.91 Å².